The summed E-state index contributed by atoms with van der Waals surface area (Å²) in [6, 6.07) is 18.3. The second kappa shape index (κ2) is 5.98. The van der Waals surface area contributed by atoms with E-state index >= 15 is 0 Å². The first kappa shape index (κ1) is 14.6. The lowest BCUT2D eigenvalue weighted by Gasteiger charge is -2.42. The minimum Gasteiger partial charge on any atom is -0.293 e. The standard InChI is InChI=1S/C21H22N2S/c1-2-6-17-12-18-10-9-15(11-16(17)5-1)13-23(18)14-21-22-19-7-3-4-8-20(19)24-21/h1-8,15,18H,9-14H2/t15-,18+/m1/s1. The number of fused-ring (bicyclic) bond motifs is 3. The van der Waals surface area contributed by atoms with Gasteiger partial charge in [-0.05, 0) is 54.9 Å². The van der Waals surface area contributed by atoms with E-state index in [4.69, 9.17) is 4.98 Å². The van der Waals surface area contributed by atoms with Crippen LogP contribution in [0.5, 0.6) is 0 Å². The van der Waals surface area contributed by atoms with Crippen molar-refractivity contribution in [3.63, 3.8) is 0 Å². The lowest BCUT2D eigenvalue weighted by molar-refractivity contribution is 0.0938. The number of benzene rings is 2. The van der Waals surface area contributed by atoms with Crippen LogP contribution in [0, 0.1) is 5.92 Å². The molecule has 24 heavy (non-hydrogen) atoms. The molecule has 2 aliphatic heterocycles. The first-order chi connectivity index (χ1) is 11.8. The van der Waals surface area contributed by atoms with Gasteiger partial charge in [0, 0.05) is 12.6 Å². The number of nitrogens with zero attached hydrogens (tertiary/aromatic N) is 2. The zero-order chi connectivity index (χ0) is 15.9. The lowest BCUT2D eigenvalue weighted by atomic mass is 9.80. The van der Waals surface area contributed by atoms with Crippen LogP contribution in [0.2, 0.25) is 0 Å². The lowest BCUT2D eigenvalue weighted by Crippen LogP contribution is -2.46. The number of piperidine rings is 1. The number of aromatic nitrogens is 1. The molecule has 0 saturated carbocycles. The highest BCUT2D eigenvalue weighted by atomic mass is 32.1. The smallest absolute Gasteiger partial charge is 0.108 e. The van der Waals surface area contributed by atoms with Gasteiger partial charge in [-0.1, -0.05) is 36.4 Å². The zero-order valence-corrected chi connectivity index (χ0v) is 14.6. The molecule has 0 radical (unpaired) electrons. The summed E-state index contributed by atoms with van der Waals surface area (Å²) < 4.78 is 1.31. The van der Waals surface area contributed by atoms with Crippen molar-refractivity contribution >= 4 is 21.6 Å². The second-order valence-corrected chi connectivity index (χ2v) is 8.39. The Bertz CT molecular complexity index is 836. The number of para-hydroxylation sites is 1. The minimum atomic E-state index is 0.676. The van der Waals surface area contributed by atoms with Gasteiger partial charge in [-0.2, -0.15) is 0 Å². The molecule has 0 unspecified atom stereocenters. The van der Waals surface area contributed by atoms with Crippen molar-refractivity contribution in [3.05, 3.63) is 64.7 Å². The molecule has 2 nitrogen and oxygen atoms in total. The summed E-state index contributed by atoms with van der Waals surface area (Å²) in [4.78, 5) is 7.58. The molecule has 3 heteroatoms. The maximum Gasteiger partial charge on any atom is 0.108 e. The third kappa shape index (κ3) is 2.66. The quantitative estimate of drug-likeness (QED) is 0.677. The summed E-state index contributed by atoms with van der Waals surface area (Å²) in [6.45, 7) is 2.25. The van der Waals surface area contributed by atoms with E-state index in [2.05, 4.69) is 53.4 Å². The van der Waals surface area contributed by atoms with Crippen LogP contribution in [-0.2, 0) is 19.4 Å². The molecule has 3 aromatic rings. The molecule has 6 rings (SSSR count). The summed E-state index contributed by atoms with van der Waals surface area (Å²) >= 11 is 1.86. The van der Waals surface area contributed by atoms with E-state index in [1.54, 1.807) is 11.1 Å². The monoisotopic (exact) mass is 334 g/mol. The Kier molecular flexibility index (Phi) is 3.64. The van der Waals surface area contributed by atoms with Gasteiger partial charge in [-0.15, -0.1) is 11.3 Å². The summed E-state index contributed by atoms with van der Waals surface area (Å²) in [5.74, 6) is 0.803. The van der Waals surface area contributed by atoms with Crippen molar-refractivity contribution in [2.45, 2.75) is 38.3 Å². The summed E-state index contributed by atoms with van der Waals surface area (Å²) in [7, 11) is 0. The highest BCUT2D eigenvalue weighted by molar-refractivity contribution is 7.18. The normalized spacial score (nSPS) is 23.8. The van der Waals surface area contributed by atoms with E-state index in [0.717, 1.165) is 18.0 Å². The Balaban J connectivity index is 1.43. The van der Waals surface area contributed by atoms with Gasteiger partial charge >= 0.3 is 0 Å². The van der Waals surface area contributed by atoms with Crippen molar-refractivity contribution in [3.8, 4) is 0 Å². The number of rotatable bonds is 2. The molecule has 2 bridgehead atoms. The fourth-order valence-corrected chi connectivity index (χ4v) is 5.45. The van der Waals surface area contributed by atoms with E-state index in [1.165, 1.54) is 41.9 Å². The highest BCUT2D eigenvalue weighted by Gasteiger charge is 2.32. The molecule has 1 aliphatic carbocycles. The van der Waals surface area contributed by atoms with E-state index in [-0.39, 0.29) is 0 Å². The van der Waals surface area contributed by atoms with Gasteiger partial charge < -0.3 is 0 Å². The van der Waals surface area contributed by atoms with Crippen LogP contribution < -0.4 is 0 Å². The predicted octanol–water partition coefficient (Wildman–Crippen LogP) is 4.68. The molecule has 122 valence electrons. The SMILES string of the molecule is c1ccc2c(c1)C[C@H]1CC[C@@H](C2)N(Cc2nc3ccccc3s2)C1. The van der Waals surface area contributed by atoms with Crippen molar-refractivity contribution in [2.75, 3.05) is 6.54 Å². The third-order valence-electron chi connectivity index (χ3n) is 5.68. The Hall–Kier alpha value is -1.71. The zero-order valence-electron chi connectivity index (χ0n) is 13.8. The molecule has 2 aromatic carbocycles. The summed E-state index contributed by atoms with van der Waals surface area (Å²) in [5, 5.41) is 1.27. The van der Waals surface area contributed by atoms with Gasteiger partial charge in [-0.3, -0.25) is 4.90 Å². The minimum absolute atomic E-state index is 0.676. The molecule has 1 aromatic heterocycles. The molecule has 1 fully saturated rings. The van der Waals surface area contributed by atoms with Gasteiger partial charge in [0.15, 0.2) is 0 Å². The average molecular weight is 334 g/mol. The second-order valence-electron chi connectivity index (χ2n) is 7.28. The van der Waals surface area contributed by atoms with Crippen molar-refractivity contribution in [1.82, 2.24) is 9.88 Å². The first-order valence-corrected chi connectivity index (χ1v) is 9.82. The summed E-state index contributed by atoms with van der Waals surface area (Å²) in [5.41, 5.74) is 4.31. The van der Waals surface area contributed by atoms with Gasteiger partial charge in [0.1, 0.15) is 5.01 Å². The summed E-state index contributed by atoms with van der Waals surface area (Å²) in [6.07, 6.45) is 5.17. The van der Waals surface area contributed by atoms with Crippen LogP contribution in [0.3, 0.4) is 0 Å². The van der Waals surface area contributed by atoms with Crippen LogP contribution in [0.15, 0.2) is 48.5 Å². The van der Waals surface area contributed by atoms with Gasteiger partial charge in [-0.25, -0.2) is 4.98 Å². The average Bonchev–Trinajstić information content (AvgIpc) is 2.98. The Labute approximate surface area is 147 Å². The van der Waals surface area contributed by atoms with Crippen LogP contribution in [0.25, 0.3) is 10.2 Å². The predicted molar refractivity (Wildman–Crippen MR) is 100 cm³/mol. The number of hydrogen-bond acceptors (Lipinski definition) is 3. The van der Waals surface area contributed by atoms with E-state index < -0.39 is 0 Å². The van der Waals surface area contributed by atoms with Crippen LogP contribution in [0.1, 0.15) is 29.0 Å². The topological polar surface area (TPSA) is 16.1 Å². The Morgan fingerprint density at radius 3 is 2.62 bits per heavy atom. The van der Waals surface area contributed by atoms with Crippen molar-refractivity contribution < 1.29 is 0 Å². The van der Waals surface area contributed by atoms with Crippen molar-refractivity contribution in [1.29, 1.82) is 0 Å². The molecule has 2 atom stereocenters. The highest BCUT2D eigenvalue weighted by Crippen LogP contribution is 2.34. The molecule has 0 spiro atoms. The van der Waals surface area contributed by atoms with Crippen LogP contribution in [-0.4, -0.2) is 22.5 Å². The molecule has 0 N–H and O–H groups in total. The molecular weight excluding hydrogens is 312 g/mol. The van der Waals surface area contributed by atoms with Crippen molar-refractivity contribution in [2.24, 2.45) is 5.92 Å². The van der Waals surface area contributed by atoms with Crippen LogP contribution >= 0.6 is 11.3 Å². The number of hydrogen-bond donors (Lipinski definition) is 0. The van der Waals surface area contributed by atoms with E-state index in [0.29, 0.717) is 6.04 Å². The van der Waals surface area contributed by atoms with E-state index in [1.807, 2.05) is 11.3 Å². The molecule has 3 aliphatic rings. The molecular formula is C21H22N2S. The fraction of sp³-hybridized carbons (Fsp3) is 0.381. The molecule has 0 amide bonds. The Morgan fingerprint density at radius 1 is 0.958 bits per heavy atom. The Morgan fingerprint density at radius 2 is 1.75 bits per heavy atom. The molecule has 1 saturated heterocycles. The van der Waals surface area contributed by atoms with Crippen LogP contribution in [0.4, 0.5) is 0 Å². The van der Waals surface area contributed by atoms with Gasteiger partial charge in [0.25, 0.3) is 0 Å². The fourth-order valence-electron chi connectivity index (χ4n) is 4.46. The maximum atomic E-state index is 4.87. The maximum absolute atomic E-state index is 4.87. The largest absolute Gasteiger partial charge is 0.293 e. The first-order valence-electron chi connectivity index (χ1n) is 9.00. The van der Waals surface area contributed by atoms with Gasteiger partial charge in [0.2, 0.25) is 0 Å². The third-order valence-corrected chi connectivity index (χ3v) is 6.70. The van der Waals surface area contributed by atoms with E-state index in [9.17, 15) is 0 Å². The van der Waals surface area contributed by atoms with Gasteiger partial charge in [0.05, 0.1) is 16.8 Å². The molecule has 3 heterocycles. The number of thiazole rings is 1.